The maximum absolute atomic E-state index is 12.8. The average molecular weight is 324 g/mol. The Balaban J connectivity index is 1.84. The summed E-state index contributed by atoms with van der Waals surface area (Å²) in [7, 11) is -3.78. The Morgan fingerprint density at radius 2 is 1.95 bits per heavy atom. The number of hydrogen-bond acceptors (Lipinski definition) is 5. The van der Waals surface area contributed by atoms with E-state index in [1.807, 2.05) is 0 Å². The molecular weight excluding hydrogens is 315 g/mol. The zero-order valence-electron chi connectivity index (χ0n) is 10.5. The molecule has 3 aromatic rings. The highest BCUT2D eigenvalue weighted by atomic mass is 32.2. The third-order valence-electron chi connectivity index (χ3n) is 2.62. The minimum absolute atomic E-state index is 0.0290. The summed E-state index contributed by atoms with van der Waals surface area (Å²) < 4.78 is 44.6. The third kappa shape index (κ3) is 2.96. The molecule has 0 atom stereocenters. The van der Waals surface area contributed by atoms with Crippen LogP contribution in [-0.4, -0.2) is 13.4 Å². The van der Waals surface area contributed by atoms with Crippen molar-refractivity contribution in [1.29, 1.82) is 0 Å². The molecule has 2 aromatic heterocycles. The summed E-state index contributed by atoms with van der Waals surface area (Å²) in [6.07, 6.45) is 1.51. The van der Waals surface area contributed by atoms with Gasteiger partial charge in [-0.15, -0.1) is 11.3 Å². The molecule has 0 bridgehead atoms. The number of furan rings is 1. The molecule has 1 aromatic carbocycles. The SMILES string of the molecule is O=S(=O)(Nc1nc(-c2ccco2)cs1)c1ccc(F)cc1. The van der Waals surface area contributed by atoms with Crippen molar-refractivity contribution in [3.05, 3.63) is 53.9 Å². The first kappa shape index (κ1) is 13.8. The van der Waals surface area contributed by atoms with E-state index in [1.54, 1.807) is 17.5 Å². The van der Waals surface area contributed by atoms with E-state index >= 15 is 0 Å². The second kappa shape index (κ2) is 5.30. The Bertz CT molecular complexity index is 840. The molecular formula is C13H9FN2O3S2. The fourth-order valence-corrected chi connectivity index (χ4v) is 3.60. The second-order valence-electron chi connectivity index (χ2n) is 4.07. The summed E-state index contributed by atoms with van der Waals surface area (Å²) in [5.41, 5.74) is 0.543. The van der Waals surface area contributed by atoms with Crippen molar-refractivity contribution in [3.8, 4) is 11.5 Å². The quantitative estimate of drug-likeness (QED) is 0.799. The number of halogens is 1. The molecule has 21 heavy (non-hydrogen) atoms. The smallest absolute Gasteiger partial charge is 0.263 e. The number of sulfonamides is 1. The van der Waals surface area contributed by atoms with Crippen LogP contribution in [0, 0.1) is 5.82 Å². The number of hydrogen-bond donors (Lipinski definition) is 1. The van der Waals surface area contributed by atoms with Gasteiger partial charge in [-0.25, -0.2) is 17.8 Å². The van der Waals surface area contributed by atoms with E-state index in [0.29, 0.717) is 11.5 Å². The number of nitrogens with one attached hydrogen (secondary N) is 1. The van der Waals surface area contributed by atoms with Crippen LogP contribution in [-0.2, 0) is 10.0 Å². The van der Waals surface area contributed by atoms with Crippen LogP contribution in [0.4, 0.5) is 9.52 Å². The summed E-state index contributed by atoms with van der Waals surface area (Å²) in [5.74, 6) is 0.0572. The lowest BCUT2D eigenvalue weighted by atomic mass is 10.4. The summed E-state index contributed by atoms with van der Waals surface area (Å²) in [6.45, 7) is 0. The summed E-state index contributed by atoms with van der Waals surface area (Å²) in [6, 6.07) is 8.01. The third-order valence-corrected chi connectivity index (χ3v) is 4.87. The van der Waals surface area contributed by atoms with Gasteiger partial charge in [-0.3, -0.25) is 4.72 Å². The van der Waals surface area contributed by atoms with Crippen molar-refractivity contribution < 1.29 is 17.2 Å². The van der Waals surface area contributed by atoms with E-state index in [1.165, 1.54) is 18.4 Å². The maximum atomic E-state index is 12.8. The lowest BCUT2D eigenvalue weighted by molar-refractivity contribution is 0.580. The van der Waals surface area contributed by atoms with E-state index in [9.17, 15) is 12.8 Å². The lowest BCUT2D eigenvalue weighted by Gasteiger charge is -2.04. The molecule has 8 heteroatoms. The molecule has 0 spiro atoms. The van der Waals surface area contributed by atoms with Crippen molar-refractivity contribution in [2.75, 3.05) is 4.72 Å². The summed E-state index contributed by atoms with van der Waals surface area (Å²) in [4.78, 5) is 4.11. The summed E-state index contributed by atoms with van der Waals surface area (Å²) in [5, 5.41) is 1.90. The van der Waals surface area contributed by atoms with Gasteiger partial charge in [0.2, 0.25) is 0 Å². The van der Waals surface area contributed by atoms with Crippen LogP contribution >= 0.6 is 11.3 Å². The highest BCUT2D eigenvalue weighted by Gasteiger charge is 2.17. The van der Waals surface area contributed by atoms with Gasteiger partial charge in [-0.1, -0.05) is 0 Å². The average Bonchev–Trinajstić information content (AvgIpc) is 3.09. The number of thiazole rings is 1. The molecule has 0 fully saturated rings. The zero-order chi connectivity index (χ0) is 14.9. The highest BCUT2D eigenvalue weighted by Crippen LogP contribution is 2.26. The fourth-order valence-electron chi connectivity index (χ4n) is 1.65. The standard InChI is InChI=1S/C13H9FN2O3S2/c14-9-3-5-10(6-4-9)21(17,18)16-13-15-11(8-20-13)12-2-1-7-19-12/h1-8H,(H,15,16). The second-order valence-corrected chi connectivity index (χ2v) is 6.62. The van der Waals surface area contributed by atoms with Crippen molar-refractivity contribution in [2.24, 2.45) is 0 Å². The largest absolute Gasteiger partial charge is 0.463 e. The number of anilines is 1. The van der Waals surface area contributed by atoms with Gasteiger partial charge in [0.05, 0.1) is 11.2 Å². The van der Waals surface area contributed by atoms with Gasteiger partial charge in [0.25, 0.3) is 10.0 Å². The Labute approximate surface area is 124 Å². The molecule has 0 radical (unpaired) electrons. The first-order chi connectivity index (χ1) is 10.0. The van der Waals surface area contributed by atoms with Gasteiger partial charge in [0.1, 0.15) is 11.5 Å². The van der Waals surface area contributed by atoms with Crippen LogP contribution in [0.25, 0.3) is 11.5 Å². The van der Waals surface area contributed by atoms with E-state index < -0.39 is 15.8 Å². The van der Waals surface area contributed by atoms with Crippen LogP contribution in [0.1, 0.15) is 0 Å². The molecule has 0 aliphatic rings. The molecule has 3 rings (SSSR count). The fraction of sp³-hybridized carbons (Fsp3) is 0. The van der Waals surface area contributed by atoms with Crippen LogP contribution in [0.3, 0.4) is 0 Å². The first-order valence-electron chi connectivity index (χ1n) is 5.82. The molecule has 0 aliphatic carbocycles. The topological polar surface area (TPSA) is 72.2 Å². The highest BCUT2D eigenvalue weighted by molar-refractivity contribution is 7.93. The summed E-state index contributed by atoms with van der Waals surface area (Å²) >= 11 is 1.14. The number of nitrogens with zero attached hydrogens (tertiary/aromatic N) is 1. The predicted molar refractivity (Wildman–Crippen MR) is 77.0 cm³/mol. The van der Waals surface area contributed by atoms with Gasteiger partial charge in [0.15, 0.2) is 10.9 Å². The molecule has 0 unspecified atom stereocenters. The Kier molecular flexibility index (Phi) is 3.48. The zero-order valence-corrected chi connectivity index (χ0v) is 12.1. The van der Waals surface area contributed by atoms with E-state index in [-0.39, 0.29) is 10.0 Å². The first-order valence-corrected chi connectivity index (χ1v) is 8.19. The van der Waals surface area contributed by atoms with E-state index in [2.05, 4.69) is 9.71 Å². The van der Waals surface area contributed by atoms with Crippen LogP contribution < -0.4 is 4.72 Å². The van der Waals surface area contributed by atoms with E-state index in [4.69, 9.17) is 4.42 Å². The Morgan fingerprint density at radius 1 is 1.19 bits per heavy atom. The van der Waals surface area contributed by atoms with Crippen molar-refractivity contribution in [3.63, 3.8) is 0 Å². The van der Waals surface area contributed by atoms with Gasteiger partial charge < -0.3 is 4.42 Å². The Morgan fingerprint density at radius 3 is 2.62 bits per heavy atom. The number of benzene rings is 1. The molecule has 0 aliphatic heterocycles. The lowest BCUT2D eigenvalue weighted by Crippen LogP contribution is -2.12. The normalized spacial score (nSPS) is 11.5. The van der Waals surface area contributed by atoms with Gasteiger partial charge >= 0.3 is 0 Å². The number of aromatic nitrogens is 1. The minimum Gasteiger partial charge on any atom is -0.463 e. The molecule has 5 nitrogen and oxygen atoms in total. The van der Waals surface area contributed by atoms with Crippen LogP contribution in [0.15, 0.2) is 57.4 Å². The predicted octanol–water partition coefficient (Wildman–Crippen LogP) is 3.34. The van der Waals surface area contributed by atoms with Crippen molar-refractivity contribution >= 4 is 26.5 Å². The Hall–Kier alpha value is -2.19. The van der Waals surface area contributed by atoms with Crippen LogP contribution in [0.2, 0.25) is 0 Å². The molecule has 108 valence electrons. The van der Waals surface area contributed by atoms with Crippen LogP contribution in [0.5, 0.6) is 0 Å². The molecule has 0 amide bonds. The maximum Gasteiger partial charge on any atom is 0.263 e. The van der Waals surface area contributed by atoms with Crippen molar-refractivity contribution in [1.82, 2.24) is 4.98 Å². The number of rotatable bonds is 4. The molecule has 0 saturated heterocycles. The minimum atomic E-state index is -3.78. The van der Waals surface area contributed by atoms with Crippen molar-refractivity contribution in [2.45, 2.75) is 4.90 Å². The van der Waals surface area contributed by atoms with Gasteiger partial charge in [0, 0.05) is 5.38 Å². The van der Waals surface area contributed by atoms with Gasteiger partial charge in [-0.2, -0.15) is 0 Å². The molecule has 1 N–H and O–H groups in total. The molecule has 0 saturated carbocycles. The van der Waals surface area contributed by atoms with E-state index in [0.717, 1.165) is 23.5 Å². The molecule has 2 heterocycles. The monoisotopic (exact) mass is 324 g/mol. The van der Waals surface area contributed by atoms with Gasteiger partial charge in [-0.05, 0) is 36.4 Å².